The molecular weight excluding hydrogens is 333 g/mol. The Hall–Kier alpha value is -1.09. The molecule has 0 bridgehead atoms. The van der Waals surface area contributed by atoms with Crippen LogP contribution in [0.15, 0.2) is 41.8 Å². The Morgan fingerprint density at radius 1 is 1.25 bits per heavy atom. The molecule has 0 saturated heterocycles. The van der Waals surface area contributed by atoms with Crippen molar-refractivity contribution in [3.05, 3.63) is 52.2 Å². The van der Waals surface area contributed by atoms with Crippen LogP contribution < -0.4 is 9.78 Å². The molecule has 1 N–H and O–H groups in total. The molecule has 2 rings (SSSR count). The topological polar surface area (TPSA) is 29.1 Å². The standard InChI is InChI=1S/C16H19NOSSe/c1-2-3-10-17-16(18)15-14(9-11-19-15)20-12-13-7-5-4-6-8-13/h4-9,11H,2-3,10,12H2,1H3,(H,17,18). The zero-order valence-electron chi connectivity index (χ0n) is 11.6. The van der Waals surface area contributed by atoms with Crippen molar-refractivity contribution in [1.29, 1.82) is 0 Å². The minimum atomic E-state index is 0.0957. The molecule has 0 radical (unpaired) electrons. The van der Waals surface area contributed by atoms with Crippen molar-refractivity contribution in [2.45, 2.75) is 25.1 Å². The molecule has 0 saturated carbocycles. The molecule has 4 heteroatoms. The second-order valence-corrected chi connectivity index (χ2v) is 7.55. The predicted molar refractivity (Wildman–Crippen MR) is 87.1 cm³/mol. The fourth-order valence-electron chi connectivity index (χ4n) is 1.77. The zero-order valence-corrected chi connectivity index (χ0v) is 14.1. The number of amides is 1. The summed E-state index contributed by atoms with van der Waals surface area (Å²) in [6.45, 7) is 2.91. The number of carbonyl (C=O) groups is 1. The maximum absolute atomic E-state index is 12.1. The molecule has 0 fully saturated rings. The van der Waals surface area contributed by atoms with E-state index in [1.165, 1.54) is 10.0 Å². The van der Waals surface area contributed by atoms with Crippen LogP contribution in [-0.2, 0) is 5.32 Å². The number of rotatable bonds is 7. The van der Waals surface area contributed by atoms with E-state index < -0.39 is 0 Å². The van der Waals surface area contributed by atoms with Gasteiger partial charge >= 0.3 is 131 Å². The number of nitrogens with one attached hydrogen (secondary N) is 1. The van der Waals surface area contributed by atoms with Gasteiger partial charge in [0.05, 0.1) is 0 Å². The maximum atomic E-state index is 12.1. The minimum absolute atomic E-state index is 0.0957. The van der Waals surface area contributed by atoms with Gasteiger partial charge in [-0.15, -0.1) is 0 Å². The summed E-state index contributed by atoms with van der Waals surface area (Å²) < 4.78 is 1.22. The van der Waals surface area contributed by atoms with E-state index in [-0.39, 0.29) is 5.91 Å². The molecule has 0 aliphatic carbocycles. The summed E-state index contributed by atoms with van der Waals surface area (Å²) in [6, 6.07) is 12.6. The summed E-state index contributed by atoms with van der Waals surface area (Å²) in [4.78, 5) is 13.0. The van der Waals surface area contributed by atoms with Gasteiger partial charge in [0.2, 0.25) is 0 Å². The van der Waals surface area contributed by atoms with Gasteiger partial charge in [-0.1, -0.05) is 0 Å². The Bertz CT molecular complexity index is 538. The van der Waals surface area contributed by atoms with Crippen molar-refractivity contribution in [2.75, 3.05) is 6.54 Å². The van der Waals surface area contributed by atoms with Crippen LogP contribution in [-0.4, -0.2) is 27.4 Å². The van der Waals surface area contributed by atoms with Crippen LogP contribution in [0.4, 0.5) is 0 Å². The molecule has 0 aliphatic rings. The first-order chi connectivity index (χ1) is 9.81. The Balaban J connectivity index is 1.93. The van der Waals surface area contributed by atoms with Crippen LogP contribution in [0.2, 0.25) is 0 Å². The van der Waals surface area contributed by atoms with E-state index in [1.807, 2.05) is 11.4 Å². The van der Waals surface area contributed by atoms with Gasteiger partial charge in [-0.25, -0.2) is 0 Å². The number of carbonyl (C=O) groups excluding carboxylic acids is 1. The van der Waals surface area contributed by atoms with Gasteiger partial charge in [0, 0.05) is 0 Å². The predicted octanol–water partition coefficient (Wildman–Crippen LogP) is 2.81. The van der Waals surface area contributed by atoms with Crippen molar-refractivity contribution in [1.82, 2.24) is 5.32 Å². The second-order valence-electron chi connectivity index (χ2n) is 4.50. The molecule has 1 amide bonds. The van der Waals surface area contributed by atoms with Crippen LogP contribution in [0.5, 0.6) is 0 Å². The van der Waals surface area contributed by atoms with Crippen molar-refractivity contribution >= 4 is 36.7 Å². The van der Waals surface area contributed by atoms with E-state index in [2.05, 4.69) is 42.6 Å². The summed E-state index contributed by atoms with van der Waals surface area (Å²) in [5.74, 6) is 0.0957. The third kappa shape index (κ3) is 4.48. The third-order valence-electron chi connectivity index (χ3n) is 2.89. The van der Waals surface area contributed by atoms with Gasteiger partial charge in [0.25, 0.3) is 0 Å². The molecule has 106 valence electrons. The van der Waals surface area contributed by atoms with Gasteiger partial charge in [0.15, 0.2) is 0 Å². The Labute approximate surface area is 130 Å². The fraction of sp³-hybridized carbons (Fsp3) is 0.312. The Morgan fingerprint density at radius 3 is 2.80 bits per heavy atom. The molecule has 1 aromatic heterocycles. The van der Waals surface area contributed by atoms with Gasteiger partial charge < -0.3 is 0 Å². The molecule has 0 spiro atoms. The number of benzene rings is 1. The normalized spacial score (nSPS) is 10.4. The molecule has 0 unspecified atom stereocenters. The number of hydrogen-bond acceptors (Lipinski definition) is 2. The third-order valence-corrected chi connectivity index (χ3v) is 6.46. The van der Waals surface area contributed by atoms with E-state index >= 15 is 0 Å². The summed E-state index contributed by atoms with van der Waals surface area (Å²) in [5, 5.41) is 6.07. The van der Waals surface area contributed by atoms with Crippen molar-refractivity contribution in [3.8, 4) is 0 Å². The number of thiophene rings is 1. The van der Waals surface area contributed by atoms with Crippen LogP contribution in [0.1, 0.15) is 35.0 Å². The molecule has 2 aromatic rings. The molecule has 1 aromatic carbocycles. The van der Waals surface area contributed by atoms with E-state index in [4.69, 9.17) is 0 Å². The molecule has 0 aliphatic heterocycles. The fourth-order valence-corrected chi connectivity index (χ4v) is 5.17. The molecule has 2 nitrogen and oxygen atoms in total. The van der Waals surface area contributed by atoms with Crippen molar-refractivity contribution < 1.29 is 4.79 Å². The first-order valence-electron chi connectivity index (χ1n) is 6.83. The average molecular weight is 352 g/mol. The van der Waals surface area contributed by atoms with E-state index in [1.54, 1.807) is 11.3 Å². The van der Waals surface area contributed by atoms with Crippen LogP contribution in [0, 0.1) is 0 Å². The SMILES string of the molecule is CCCCNC(=O)c1sccc1[Se]Cc1ccccc1. The van der Waals surface area contributed by atoms with Crippen molar-refractivity contribution in [2.24, 2.45) is 0 Å². The van der Waals surface area contributed by atoms with Gasteiger partial charge in [-0.3, -0.25) is 0 Å². The molecule has 20 heavy (non-hydrogen) atoms. The monoisotopic (exact) mass is 353 g/mol. The van der Waals surface area contributed by atoms with Gasteiger partial charge in [0.1, 0.15) is 0 Å². The summed E-state index contributed by atoms with van der Waals surface area (Å²) in [6.07, 6.45) is 2.15. The van der Waals surface area contributed by atoms with E-state index in [0.29, 0.717) is 15.0 Å². The Kier molecular flexibility index (Phi) is 6.31. The van der Waals surface area contributed by atoms with Gasteiger partial charge in [-0.05, 0) is 0 Å². The number of unbranched alkanes of at least 4 members (excludes halogenated alkanes) is 1. The summed E-state index contributed by atoms with van der Waals surface area (Å²) in [7, 11) is 0. The van der Waals surface area contributed by atoms with Crippen molar-refractivity contribution in [3.63, 3.8) is 0 Å². The zero-order chi connectivity index (χ0) is 14.2. The van der Waals surface area contributed by atoms with Crippen LogP contribution in [0.3, 0.4) is 0 Å². The molecule has 0 atom stereocenters. The average Bonchev–Trinajstić information content (AvgIpc) is 2.95. The van der Waals surface area contributed by atoms with E-state index in [9.17, 15) is 4.79 Å². The van der Waals surface area contributed by atoms with E-state index in [0.717, 1.165) is 29.6 Å². The van der Waals surface area contributed by atoms with Crippen LogP contribution >= 0.6 is 11.3 Å². The quantitative estimate of drug-likeness (QED) is 0.603. The number of hydrogen-bond donors (Lipinski definition) is 1. The molecular formula is C16H19NOSSe. The Morgan fingerprint density at radius 2 is 2.05 bits per heavy atom. The summed E-state index contributed by atoms with van der Waals surface area (Å²) in [5.41, 5.74) is 1.34. The summed E-state index contributed by atoms with van der Waals surface area (Å²) >= 11 is 1.87. The molecule has 1 heterocycles. The first-order valence-corrected chi connectivity index (χ1v) is 9.78. The van der Waals surface area contributed by atoms with Crippen LogP contribution in [0.25, 0.3) is 0 Å². The van der Waals surface area contributed by atoms with Gasteiger partial charge in [-0.2, -0.15) is 0 Å². The second kappa shape index (κ2) is 8.25. The first kappa shape index (κ1) is 15.3.